The molecule has 4 atom stereocenters. The van der Waals surface area contributed by atoms with Gasteiger partial charge in [-0.2, -0.15) is 4.68 Å². The number of fused-ring (bicyclic) bond motifs is 2. The quantitative estimate of drug-likeness (QED) is 0.532. The van der Waals surface area contributed by atoms with Crippen molar-refractivity contribution in [2.24, 2.45) is 17.8 Å². The Morgan fingerprint density at radius 1 is 1.36 bits per heavy atom. The van der Waals surface area contributed by atoms with Crippen molar-refractivity contribution in [2.75, 3.05) is 0 Å². The number of rotatable bonds is 6. The maximum atomic E-state index is 12.6. The SMILES string of the molecule is C[C@H](NC(=O)c1ccc(Cn2cc(Br)c([N+](=O)[O-])n2)cc1)[C@@H]1C[C@H]2CC[C@H]1C2. The van der Waals surface area contributed by atoms with Gasteiger partial charge in [-0.05, 0) is 82.5 Å². The van der Waals surface area contributed by atoms with Gasteiger partial charge < -0.3 is 15.4 Å². The smallest absolute Gasteiger partial charge is 0.358 e. The van der Waals surface area contributed by atoms with Crippen LogP contribution in [0.25, 0.3) is 0 Å². The minimum Gasteiger partial charge on any atom is -0.358 e. The summed E-state index contributed by atoms with van der Waals surface area (Å²) in [5.74, 6) is 2.01. The molecule has 2 aromatic rings. The van der Waals surface area contributed by atoms with Crippen LogP contribution < -0.4 is 5.32 Å². The highest BCUT2D eigenvalue weighted by Gasteiger charge is 2.42. The summed E-state index contributed by atoms with van der Waals surface area (Å²) in [5.41, 5.74) is 1.55. The summed E-state index contributed by atoms with van der Waals surface area (Å²) in [6.07, 6.45) is 6.83. The molecule has 0 unspecified atom stereocenters. The Bertz CT molecular complexity index is 895. The second-order valence-electron chi connectivity index (χ2n) is 8.05. The topological polar surface area (TPSA) is 90.1 Å². The van der Waals surface area contributed by atoms with Crippen LogP contribution in [0.1, 0.15) is 48.5 Å². The van der Waals surface area contributed by atoms with E-state index in [-0.39, 0.29) is 17.8 Å². The molecule has 0 radical (unpaired) electrons. The number of hydrogen-bond donors (Lipinski definition) is 1. The molecule has 148 valence electrons. The van der Waals surface area contributed by atoms with E-state index in [1.807, 2.05) is 12.1 Å². The second kappa shape index (κ2) is 7.66. The average molecular weight is 447 g/mol. The first-order chi connectivity index (χ1) is 13.4. The Balaban J connectivity index is 1.36. The lowest BCUT2D eigenvalue weighted by Crippen LogP contribution is -2.40. The maximum Gasteiger partial charge on any atom is 0.404 e. The van der Waals surface area contributed by atoms with Crippen LogP contribution in [0.5, 0.6) is 0 Å². The van der Waals surface area contributed by atoms with Crippen LogP contribution in [0.15, 0.2) is 34.9 Å². The number of amides is 1. The van der Waals surface area contributed by atoms with Gasteiger partial charge in [-0.25, -0.2) is 0 Å². The summed E-state index contributed by atoms with van der Waals surface area (Å²) in [4.78, 5) is 23.0. The largest absolute Gasteiger partial charge is 0.404 e. The van der Waals surface area contributed by atoms with Crippen molar-refractivity contribution in [1.82, 2.24) is 15.1 Å². The molecular weight excluding hydrogens is 424 g/mol. The van der Waals surface area contributed by atoms with Gasteiger partial charge in [0.2, 0.25) is 0 Å². The molecule has 2 bridgehead atoms. The van der Waals surface area contributed by atoms with E-state index in [1.54, 1.807) is 18.3 Å². The van der Waals surface area contributed by atoms with E-state index in [0.717, 1.165) is 17.4 Å². The number of carbonyl (C=O) groups excluding carboxylic acids is 1. The van der Waals surface area contributed by atoms with E-state index >= 15 is 0 Å². The van der Waals surface area contributed by atoms with Gasteiger partial charge in [0.1, 0.15) is 4.47 Å². The molecule has 1 aromatic heterocycles. The summed E-state index contributed by atoms with van der Waals surface area (Å²) in [5, 5.41) is 18.0. The normalized spacial score (nSPS) is 24.3. The highest BCUT2D eigenvalue weighted by Crippen LogP contribution is 2.49. The van der Waals surface area contributed by atoms with Gasteiger partial charge >= 0.3 is 5.82 Å². The number of nitrogens with one attached hydrogen (secondary N) is 1. The molecule has 2 saturated carbocycles. The molecule has 7 nitrogen and oxygen atoms in total. The molecule has 2 aliphatic rings. The van der Waals surface area contributed by atoms with E-state index in [9.17, 15) is 14.9 Å². The lowest BCUT2D eigenvalue weighted by molar-refractivity contribution is -0.390. The van der Waals surface area contributed by atoms with E-state index in [2.05, 4.69) is 33.3 Å². The lowest BCUT2D eigenvalue weighted by Gasteiger charge is -2.28. The van der Waals surface area contributed by atoms with Crippen LogP contribution >= 0.6 is 15.9 Å². The number of carbonyl (C=O) groups is 1. The Labute approximate surface area is 171 Å². The van der Waals surface area contributed by atoms with Crippen LogP contribution in [-0.4, -0.2) is 26.7 Å². The molecule has 1 N–H and O–H groups in total. The number of nitrogens with zero attached hydrogens (tertiary/aromatic N) is 3. The van der Waals surface area contributed by atoms with Crippen molar-refractivity contribution in [3.8, 4) is 0 Å². The number of nitro groups is 1. The first kappa shape index (κ1) is 19.1. The van der Waals surface area contributed by atoms with Crippen LogP contribution in [0.2, 0.25) is 0 Å². The Kier molecular flexibility index (Phi) is 5.23. The summed E-state index contributed by atoms with van der Waals surface area (Å²) in [7, 11) is 0. The zero-order valence-electron chi connectivity index (χ0n) is 15.7. The summed E-state index contributed by atoms with van der Waals surface area (Å²) >= 11 is 3.15. The highest BCUT2D eigenvalue weighted by molar-refractivity contribution is 9.10. The lowest BCUT2D eigenvalue weighted by atomic mass is 9.84. The third kappa shape index (κ3) is 3.83. The first-order valence-corrected chi connectivity index (χ1v) is 10.5. The summed E-state index contributed by atoms with van der Waals surface area (Å²) < 4.78 is 1.86. The average Bonchev–Trinajstić information content (AvgIpc) is 3.38. The van der Waals surface area contributed by atoms with Gasteiger partial charge in [-0.3, -0.25) is 4.79 Å². The second-order valence-corrected chi connectivity index (χ2v) is 8.91. The fourth-order valence-electron chi connectivity index (χ4n) is 4.84. The van der Waals surface area contributed by atoms with Crippen LogP contribution in [0, 0.1) is 27.9 Å². The third-order valence-electron chi connectivity index (χ3n) is 6.23. The number of aromatic nitrogens is 2. The van der Waals surface area contributed by atoms with Gasteiger partial charge in [0, 0.05) is 11.6 Å². The Morgan fingerprint density at radius 3 is 2.68 bits per heavy atom. The first-order valence-electron chi connectivity index (χ1n) is 9.68. The van der Waals surface area contributed by atoms with Gasteiger partial charge in [0.25, 0.3) is 5.91 Å². The van der Waals surface area contributed by atoms with E-state index in [1.165, 1.54) is 30.4 Å². The zero-order chi connectivity index (χ0) is 19.8. The Morgan fingerprint density at radius 2 is 2.11 bits per heavy atom. The molecule has 2 fully saturated rings. The van der Waals surface area contributed by atoms with Gasteiger partial charge in [0.15, 0.2) is 0 Å². The molecular formula is C20H23BrN4O3. The molecule has 2 aliphatic carbocycles. The van der Waals surface area contributed by atoms with Crippen molar-refractivity contribution in [2.45, 2.75) is 45.2 Å². The molecule has 1 amide bonds. The fourth-order valence-corrected chi connectivity index (χ4v) is 5.30. The fraction of sp³-hybridized carbons (Fsp3) is 0.500. The van der Waals surface area contributed by atoms with Crippen molar-refractivity contribution in [1.29, 1.82) is 0 Å². The number of hydrogen-bond acceptors (Lipinski definition) is 4. The molecule has 0 saturated heterocycles. The molecule has 0 spiro atoms. The van der Waals surface area contributed by atoms with E-state index in [0.29, 0.717) is 22.5 Å². The molecule has 8 heteroatoms. The van der Waals surface area contributed by atoms with Gasteiger partial charge in [0.05, 0.1) is 17.8 Å². The minimum absolute atomic E-state index is 0.0423. The summed E-state index contributed by atoms with van der Waals surface area (Å²) in [6.45, 7) is 2.52. The predicted molar refractivity (Wildman–Crippen MR) is 108 cm³/mol. The van der Waals surface area contributed by atoms with Crippen LogP contribution in [-0.2, 0) is 6.54 Å². The number of halogens is 1. The van der Waals surface area contributed by atoms with Crippen LogP contribution in [0.4, 0.5) is 5.82 Å². The van der Waals surface area contributed by atoms with Crippen molar-refractivity contribution in [3.05, 3.63) is 56.2 Å². The molecule has 0 aliphatic heterocycles. The van der Waals surface area contributed by atoms with Crippen molar-refractivity contribution < 1.29 is 9.72 Å². The van der Waals surface area contributed by atoms with Crippen molar-refractivity contribution in [3.63, 3.8) is 0 Å². The third-order valence-corrected chi connectivity index (χ3v) is 6.79. The van der Waals surface area contributed by atoms with E-state index in [4.69, 9.17) is 0 Å². The van der Waals surface area contributed by atoms with E-state index < -0.39 is 4.92 Å². The molecule has 4 rings (SSSR count). The Hall–Kier alpha value is -2.22. The molecule has 1 heterocycles. The monoisotopic (exact) mass is 446 g/mol. The molecule has 28 heavy (non-hydrogen) atoms. The van der Waals surface area contributed by atoms with Gasteiger partial charge in [-0.15, -0.1) is 0 Å². The van der Waals surface area contributed by atoms with Crippen molar-refractivity contribution >= 4 is 27.7 Å². The summed E-state index contributed by atoms with van der Waals surface area (Å²) in [6, 6.07) is 7.51. The zero-order valence-corrected chi connectivity index (χ0v) is 17.3. The highest BCUT2D eigenvalue weighted by atomic mass is 79.9. The number of benzene rings is 1. The molecule has 1 aromatic carbocycles. The van der Waals surface area contributed by atoms with Gasteiger partial charge in [-0.1, -0.05) is 18.6 Å². The predicted octanol–water partition coefficient (Wildman–Crippen LogP) is 4.16. The minimum atomic E-state index is -0.522. The standard InChI is InChI=1S/C20H23BrN4O3/c1-12(17-9-14-4-7-16(17)8-14)22-20(26)15-5-2-13(3-6-15)10-24-11-18(21)19(23-24)25(27)28/h2-3,5-6,11-12,14,16-17H,4,7-10H2,1H3,(H,22,26)/t12-,14-,16-,17-/m0/s1. The van der Waals surface area contributed by atoms with Crippen LogP contribution in [0.3, 0.4) is 0 Å². The maximum absolute atomic E-state index is 12.6.